The third-order valence-corrected chi connectivity index (χ3v) is 5.36. The second-order valence-electron chi connectivity index (χ2n) is 5.78. The number of nitrogens with two attached hydrogens (primary N) is 1. The molecule has 96 valence electrons. The molecular formula is C14H29NS. The lowest BCUT2D eigenvalue weighted by Crippen LogP contribution is -2.35. The quantitative estimate of drug-likeness (QED) is 0.765. The zero-order valence-electron chi connectivity index (χ0n) is 11.2. The summed E-state index contributed by atoms with van der Waals surface area (Å²) in [7, 11) is 0. The van der Waals surface area contributed by atoms with E-state index in [1.807, 2.05) is 11.8 Å². The van der Waals surface area contributed by atoms with Crippen molar-refractivity contribution < 1.29 is 0 Å². The molecule has 0 aromatic heterocycles. The summed E-state index contributed by atoms with van der Waals surface area (Å²) in [5.41, 5.74) is 6.30. The molecule has 1 rings (SSSR count). The Kier molecular flexibility index (Phi) is 6.83. The zero-order chi connectivity index (χ0) is 12.0. The molecule has 2 N–H and O–H groups in total. The van der Waals surface area contributed by atoms with Gasteiger partial charge in [0.2, 0.25) is 0 Å². The van der Waals surface area contributed by atoms with Gasteiger partial charge in [-0.1, -0.05) is 40.0 Å². The van der Waals surface area contributed by atoms with Gasteiger partial charge in [0.25, 0.3) is 0 Å². The lowest BCUT2D eigenvalue weighted by Gasteiger charge is -2.31. The molecule has 1 saturated carbocycles. The van der Waals surface area contributed by atoms with E-state index >= 15 is 0 Å². The molecule has 0 spiro atoms. The highest BCUT2D eigenvalue weighted by molar-refractivity contribution is 7.99. The molecule has 0 saturated heterocycles. The van der Waals surface area contributed by atoms with Gasteiger partial charge in [0.05, 0.1) is 0 Å². The van der Waals surface area contributed by atoms with E-state index in [4.69, 9.17) is 5.73 Å². The van der Waals surface area contributed by atoms with Crippen LogP contribution in [0.3, 0.4) is 0 Å². The minimum Gasteiger partial charge on any atom is -0.327 e. The van der Waals surface area contributed by atoms with E-state index in [2.05, 4.69) is 20.8 Å². The van der Waals surface area contributed by atoms with E-state index in [0.717, 1.165) is 17.8 Å². The summed E-state index contributed by atoms with van der Waals surface area (Å²) in [4.78, 5) is 0. The van der Waals surface area contributed by atoms with Crippen LogP contribution in [-0.4, -0.2) is 17.5 Å². The fourth-order valence-corrected chi connectivity index (χ4v) is 3.75. The second-order valence-corrected chi connectivity index (χ2v) is 6.86. The molecule has 1 atom stereocenters. The molecular weight excluding hydrogens is 214 g/mol. The number of thioether (sulfide) groups is 1. The van der Waals surface area contributed by atoms with Crippen molar-refractivity contribution in [2.24, 2.45) is 23.5 Å². The molecule has 0 radical (unpaired) electrons. The van der Waals surface area contributed by atoms with Crippen molar-refractivity contribution in [3.63, 3.8) is 0 Å². The Morgan fingerprint density at radius 3 is 2.25 bits per heavy atom. The number of hydrogen-bond acceptors (Lipinski definition) is 2. The highest BCUT2D eigenvalue weighted by Gasteiger charge is 2.24. The number of hydrogen-bond donors (Lipinski definition) is 1. The monoisotopic (exact) mass is 243 g/mol. The van der Waals surface area contributed by atoms with Gasteiger partial charge in [0.1, 0.15) is 0 Å². The van der Waals surface area contributed by atoms with Gasteiger partial charge in [-0.25, -0.2) is 0 Å². The smallest absolute Gasteiger partial charge is 0.0158 e. The van der Waals surface area contributed by atoms with Gasteiger partial charge in [0, 0.05) is 11.8 Å². The van der Waals surface area contributed by atoms with Crippen molar-refractivity contribution in [1.82, 2.24) is 0 Å². The first-order valence-electron chi connectivity index (χ1n) is 6.96. The van der Waals surface area contributed by atoms with Crippen molar-refractivity contribution in [1.29, 1.82) is 0 Å². The van der Waals surface area contributed by atoms with Gasteiger partial charge in [-0.3, -0.25) is 0 Å². The summed E-state index contributed by atoms with van der Waals surface area (Å²) >= 11 is 2.04. The van der Waals surface area contributed by atoms with Crippen LogP contribution in [0, 0.1) is 17.8 Å². The summed E-state index contributed by atoms with van der Waals surface area (Å²) < 4.78 is 0. The molecule has 1 fully saturated rings. The average molecular weight is 243 g/mol. The van der Waals surface area contributed by atoms with Crippen molar-refractivity contribution in [2.45, 2.75) is 58.9 Å². The van der Waals surface area contributed by atoms with Gasteiger partial charge in [0.15, 0.2) is 0 Å². The van der Waals surface area contributed by atoms with Gasteiger partial charge in [-0.2, -0.15) is 11.8 Å². The molecule has 1 aliphatic rings. The fourth-order valence-electron chi connectivity index (χ4n) is 2.60. The van der Waals surface area contributed by atoms with Crippen LogP contribution >= 0.6 is 11.8 Å². The number of rotatable bonds is 6. The summed E-state index contributed by atoms with van der Waals surface area (Å²) in [6.45, 7) is 6.89. The van der Waals surface area contributed by atoms with E-state index in [1.54, 1.807) is 0 Å². The molecule has 0 amide bonds. The highest BCUT2D eigenvalue weighted by atomic mass is 32.2. The first-order valence-corrected chi connectivity index (χ1v) is 8.12. The highest BCUT2D eigenvalue weighted by Crippen LogP contribution is 2.32. The average Bonchev–Trinajstić information content (AvgIpc) is 2.28. The summed E-state index contributed by atoms with van der Waals surface area (Å²) in [6, 6.07) is 0.446. The van der Waals surface area contributed by atoms with Crippen molar-refractivity contribution in [3.05, 3.63) is 0 Å². The SMILES string of the molecule is CCC1CCC(C(N)CSCC(C)C)CC1. The predicted molar refractivity (Wildman–Crippen MR) is 75.9 cm³/mol. The first kappa shape index (κ1) is 14.4. The van der Waals surface area contributed by atoms with E-state index in [9.17, 15) is 0 Å². The van der Waals surface area contributed by atoms with Gasteiger partial charge >= 0.3 is 0 Å². The van der Waals surface area contributed by atoms with Crippen LogP contribution in [0.2, 0.25) is 0 Å². The molecule has 0 aromatic carbocycles. The van der Waals surface area contributed by atoms with Crippen LogP contribution in [0.4, 0.5) is 0 Å². The van der Waals surface area contributed by atoms with Crippen LogP contribution in [0.1, 0.15) is 52.9 Å². The molecule has 1 nitrogen and oxygen atoms in total. The van der Waals surface area contributed by atoms with Crippen molar-refractivity contribution >= 4 is 11.8 Å². The third-order valence-electron chi connectivity index (χ3n) is 3.84. The lowest BCUT2D eigenvalue weighted by atomic mass is 9.78. The topological polar surface area (TPSA) is 26.0 Å². The lowest BCUT2D eigenvalue weighted by molar-refractivity contribution is 0.247. The molecule has 0 aromatic rings. The maximum absolute atomic E-state index is 6.30. The zero-order valence-corrected chi connectivity index (χ0v) is 12.1. The first-order chi connectivity index (χ1) is 7.63. The second kappa shape index (κ2) is 7.60. The van der Waals surface area contributed by atoms with E-state index in [0.29, 0.717) is 6.04 Å². The van der Waals surface area contributed by atoms with E-state index < -0.39 is 0 Å². The third kappa shape index (κ3) is 5.09. The summed E-state index contributed by atoms with van der Waals surface area (Å²) in [5.74, 6) is 5.03. The van der Waals surface area contributed by atoms with Crippen LogP contribution in [0.15, 0.2) is 0 Å². The van der Waals surface area contributed by atoms with Crippen molar-refractivity contribution in [2.75, 3.05) is 11.5 Å². The van der Waals surface area contributed by atoms with E-state index in [-0.39, 0.29) is 0 Å². The maximum atomic E-state index is 6.30. The van der Waals surface area contributed by atoms with Gasteiger partial charge in [-0.15, -0.1) is 0 Å². The van der Waals surface area contributed by atoms with Gasteiger partial charge < -0.3 is 5.73 Å². The molecule has 16 heavy (non-hydrogen) atoms. The Bertz CT molecular complexity index is 174. The summed E-state index contributed by atoms with van der Waals surface area (Å²) in [6.07, 6.45) is 6.96. The van der Waals surface area contributed by atoms with Crippen LogP contribution in [0.25, 0.3) is 0 Å². The molecule has 1 unspecified atom stereocenters. The Morgan fingerprint density at radius 2 is 1.75 bits per heavy atom. The summed E-state index contributed by atoms with van der Waals surface area (Å²) in [5, 5.41) is 0. The molecule has 1 aliphatic carbocycles. The van der Waals surface area contributed by atoms with Crippen LogP contribution < -0.4 is 5.73 Å². The molecule has 0 aliphatic heterocycles. The van der Waals surface area contributed by atoms with Gasteiger partial charge in [-0.05, 0) is 36.3 Å². The molecule has 2 heteroatoms. The minimum atomic E-state index is 0.446. The largest absolute Gasteiger partial charge is 0.327 e. The Balaban J connectivity index is 2.15. The predicted octanol–water partition coefficient (Wildman–Crippen LogP) is 3.92. The minimum absolute atomic E-state index is 0.446. The molecule has 0 bridgehead atoms. The van der Waals surface area contributed by atoms with Crippen LogP contribution in [0.5, 0.6) is 0 Å². The Morgan fingerprint density at radius 1 is 1.12 bits per heavy atom. The normalized spacial score (nSPS) is 28.3. The Labute approximate surface area is 106 Å². The van der Waals surface area contributed by atoms with Crippen LogP contribution in [-0.2, 0) is 0 Å². The standard InChI is InChI=1S/C14H29NS/c1-4-12-5-7-13(8-6-12)14(15)10-16-9-11(2)3/h11-14H,4-10,15H2,1-3H3. The molecule has 0 heterocycles. The Hall–Kier alpha value is 0.310. The maximum Gasteiger partial charge on any atom is 0.0158 e. The van der Waals surface area contributed by atoms with Crippen molar-refractivity contribution in [3.8, 4) is 0 Å². The van der Waals surface area contributed by atoms with E-state index in [1.165, 1.54) is 43.6 Å². The fraction of sp³-hybridized carbons (Fsp3) is 1.00.